The number of nitrogens with zero attached hydrogens (tertiary/aromatic N) is 3. The molecule has 2 aromatic rings. The highest BCUT2D eigenvalue weighted by Crippen LogP contribution is 2.16. The minimum Gasteiger partial charge on any atom is -0.309 e. The molecule has 5 heteroatoms. The van der Waals surface area contributed by atoms with Gasteiger partial charge in [-0.3, -0.25) is 9.30 Å². The van der Waals surface area contributed by atoms with E-state index in [9.17, 15) is 0 Å². The van der Waals surface area contributed by atoms with E-state index in [4.69, 9.17) is 0 Å². The quantitative estimate of drug-likeness (QED) is 0.878. The van der Waals surface area contributed by atoms with Gasteiger partial charge < -0.3 is 5.32 Å². The summed E-state index contributed by atoms with van der Waals surface area (Å²) in [6, 6.07) is 0. The van der Waals surface area contributed by atoms with Crippen LogP contribution < -0.4 is 5.32 Å². The number of hydrogen-bond acceptors (Lipinski definition) is 4. The number of nitrogens with one attached hydrogen (secondary N) is 1. The summed E-state index contributed by atoms with van der Waals surface area (Å²) >= 11 is 1.69. The Kier molecular flexibility index (Phi) is 2.69. The van der Waals surface area contributed by atoms with E-state index in [1.165, 1.54) is 5.69 Å². The monoisotopic (exact) mass is 250 g/mol. The van der Waals surface area contributed by atoms with Crippen molar-refractivity contribution in [2.45, 2.75) is 25.9 Å². The van der Waals surface area contributed by atoms with E-state index in [1.54, 1.807) is 11.3 Å². The summed E-state index contributed by atoms with van der Waals surface area (Å²) in [7, 11) is 0. The van der Waals surface area contributed by atoms with E-state index in [0.717, 1.165) is 31.1 Å². The average molecular weight is 250 g/mol. The van der Waals surface area contributed by atoms with Crippen molar-refractivity contribution < 1.29 is 0 Å². The lowest BCUT2D eigenvalue weighted by molar-refractivity contribution is 0.147. The zero-order valence-corrected chi connectivity index (χ0v) is 11.1. The van der Waals surface area contributed by atoms with Gasteiger partial charge in [0.15, 0.2) is 4.96 Å². The van der Waals surface area contributed by atoms with Gasteiger partial charge in [-0.05, 0) is 13.8 Å². The standard InChI is InChI=1S/C12H18N4S/c1-12(2)9-15(4-3-13-12)7-10-8-16-5-6-17-11(16)14-10/h5-6,8,13H,3-4,7,9H2,1-2H3. The second kappa shape index (κ2) is 4.08. The summed E-state index contributed by atoms with van der Waals surface area (Å²) in [4.78, 5) is 8.20. The fraction of sp³-hybridized carbons (Fsp3) is 0.583. The van der Waals surface area contributed by atoms with Crippen molar-refractivity contribution in [2.24, 2.45) is 0 Å². The van der Waals surface area contributed by atoms with Crippen molar-refractivity contribution in [1.29, 1.82) is 0 Å². The summed E-state index contributed by atoms with van der Waals surface area (Å²) in [5, 5.41) is 5.60. The second-order valence-corrected chi connectivity index (χ2v) is 6.22. The number of imidazole rings is 1. The third-order valence-corrected chi connectivity index (χ3v) is 3.95. The lowest BCUT2D eigenvalue weighted by Crippen LogP contribution is -2.56. The fourth-order valence-electron chi connectivity index (χ4n) is 2.46. The molecule has 4 nitrogen and oxygen atoms in total. The Hall–Kier alpha value is -0.910. The van der Waals surface area contributed by atoms with E-state index in [1.807, 2.05) is 0 Å². The maximum Gasteiger partial charge on any atom is 0.193 e. The van der Waals surface area contributed by atoms with E-state index >= 15 is 0 Å². The Balaban J connectivity index is 1.72. The van der Waals surface area contributed by atoms with Gasteiger partial charge in [0.05, 0.1) is 5.69 Å². The maximum absolute atomic E-state index is 4.63. The third kappa shape index (κ3) is 2.36. The molecule has 0 aliphatic carbocycles. The van der Waals surface area contributed by atoms with E-state index in [-0.39, 0.29) is 5.54 Å². The third-order valence-electron chi connectivity index (χ3n) is 3.18. The van der Waals surface area contributed by atoms with Crippen LogP contribution in [0.1, 0.15) is 19.5 Å². The molecule has 0 aromatic carbocycles. The summed E-state index contributed by atoms with van der Waals surface area (Å²) < 4.78 is 2.10. The molecule has 2 aromatic heterocycles. The first-order valence-electron chi connectivity index (χ1n) is 6.01. The van der Waals surface area contributed by atoms with Gasteiger partial charge in [0, 0.05) is 49.5 Å². The molecule has 0 radical (unpaired) electrons. The molecule has 1 fully saturated rings. The van der Waals surface area contributed by atoms with Crippen LogP contribution in [0.15, 0.2) is 17.8 Å². The minimum atomic E-state index is 0.218. The molecule has 0 spiro atoms. The minimum absolute atomic E-state index is 0.218. The van der Waals surface area contributed by atoms with Crippen LogP contribution in [0.2, 0.25) is 0 Å². The van der Waals surface area contributed by atoms with E-state index < -0.39 is 0 Å². The van der Waals surface area contributed by atoms with Crippen LogP contribution in [0.5, 0.6) is 0 Å². The zero-order chi connectivity index (χ0) is 11.9. The Morgan fingerprint density at radius 1 is 1.53 bits per heavy atom. The molecule has 1 aliphatic rings. The SMILES string of the molecule is CC1(C)CN(Cc2cn3ccsc3n2)CCN1. The Morgan fingerprint density at radius 2 is 2.41 bits per heavy atom. The highest BCUT2D eigenvalue weighted by atomic mass is 32.1. The highest BCUT2D eigenvalue weighted by molar-refractivity contribution is 7.15. The molecule has 0 saturated carbocycles. The number of piperazine rings is 1. The summed E-state index contributed by atoms with van der Waals surface area (Å²) in [6.07, 6.45) is 4.21. The molecule has 1 aliphatic heterocycles. The zero-order valence-electron chi connectivity index (χ0n) is 10.3. The molecule has 3 rings (SSSR count). The van der Waals surface area contributed by atoms with E-state index in [0.29, 0.717) is 0 Å². The van der Waals surface area contributed by atoms with Crippen molar-refractivity contribution in [2.75, 3.05) is 19.6 Å². The first-order chi connectivity index (χ1) is 8.12. The van der Waals surface area contributed by atoms with Gasteiger partial charge in [-0.15, -0.1) is 11.3 Å². The lowest BCUT2D eigenvalue weighted by atomic mass is 10.0. The van der Waals surface area contributed by atoms with Crippen LogP contribution in [0, 0.1) is 0 Å². The molecule has 1 N–H and O–H groups in total. The predicted octanol–water partition coefficient (Wildman–Crippen LogP) is 1.58. The largest absolute Gasteiger partial charge is 0.309 e. The fourth-order valence-corrected chi connectivity index (χ4v) is 3.18. The molecule has 0 bridgehead atoms. The molecule has 0 atom stereocenters. The van der Waals surface area contributed by atoms with Gasteiger partial charge in [0.1, 0.15) is 0 Å². The van der Waals surface area contributed by atoms with Crippen LogP contribution in [-0.2, 0) is 6.54 Å². The predicted molar refractivity (Wildman–Crippen MR) is 70.4 cm³/mol. The Bertz CT molecular complexity index is 485. The maximum atomic E-state index is 4.63. The molecule has 0 amide bonds. The number of hydrogen-bond donors (Lipinski definition) is 1. The molecule has 3 heterocycles. The molecule has 17 heavy (non-hydrogen) atoms. The number of aromatic nitrogens is 2. The summed E-state index contributed by atoms with van der Waals surface area (Å²) in [5.74, 6) is 0. The molecule has 0 unspecified atom stereocenters. The number of rotatable bonds is 2. The normalized spacial score (nSPS) is 21.1. The van der Waals surface area contributed by atoms with Gasteiger partial charge in [-0.2, -0.15) is 0 Å². The first-order valence-corrected chi connectivity index (χ1v) is 6.89. The van der Waals surface area contributed by atoms with Crippen LogP contribution in [-0.4, -0.2) is 39.5 Å². The molecular formula is C12H18N4S. The van der Waals surface area contributed by atoms with Gasteiger partial charge in [0.25, 0.3) is 0 Å². The molecular weight excluding hydrogens is 232 g/mol. The van der Waals surface area contributed by atoms with Crippen molar-refractivity contribution in [3.05, 3.63) is 23.5 Å². The van der Waals surface area contributed by atoms with Crippen molar-refractivity contribution in [1.82, 2.24) is 19.6 Å². The van der Waals surface area contributed by atoms with Crippen LogP contribution in [0.4, 0.5) is 0 Å². The van der Waals surface area contributed by atoms with E-state index in [2.05, 4.69) is 51.2 Å². The molecule has 92 valence electrons. The van der Waals surface area contributed by atoms with Crippen molar-refractivity contribution in [3.63, 3.8) is 0 Å². The Morgan fingerprint density at radius 3 is 3.18 bits per heavy atom. The average Bonchev–Trinajstić information content (AvgIpc) is 2.75. The van der Waals surface area contributed by atoms with Gasteiger partial charge in [0.2, 0.25) is 0 Å². The van der Waals surface area contributed by atoms with Crippen molar-refractivity contribution >= 4 is 16.3 Å². The topological polar surface area (TPSA) is 32.6 Å². The lowest BCUT2D eigenvalue weighted by Gasteiger charge is -2.38. The van der Waals surface area contributed by atoms with Crippen LogP contribution in [0.25, 0.3) is 4.96 Å². The number of thiazole rings is 1. The van der Waals surface area contributed by atoms with Gasteiger partial charge in [-0.1, -0.05) is 0 Å². The number of fused-ring (bicyclic) bond motifs is 1. The van der Waals surface area contributed by atoms with Gasteiger partial charge in [-0.25, -0.2) is 4.98 Å². The molecule has 1 saturated heterocycles. The van der Waals surface area contributed by atoms with Crippen LogP contribution in [0.3, 0.4) is 0 Å². The summed E-state index contributed by atoms with van der Waals surface area (Å²) in [6.45, 7) is 8.72. The summed E-state index contributed by atoms with van der Waals surface area (Å²) in [5.41, 5.74) is 1.39. The second-order valence-electron chi connectivity index (χ2n) is 5.35. The van der Waals surface area contributed by atoms with Crippen LogP contribution >= 0.6 is 11.3 Å². The first kappa shape index (κ1) is 11.2. The van der Waals surface area contributed by atoms with Crippen molar-refractivity contribution in [3.8, 4) is 0 Å². The smallest absolute Gasteiger partial charge is 0.193 e. The van der Waals surface area contributed by atoms with Gasteiger partial charge >= 0.3 is 0 Å². The highest BCUT2D eigenvalue weighted by Gasteiger charge is 2.25. The Labute approximate surface area is 105 Å².